The van der Waals surface area contributed by atoms with Crippen molar-refractivity contribution in [2.75, 3.05) is 6.61 Å². The van der Waals surface area contributed by atoms with Crippen molar-refractivity contribution in [1.29, 1.82) is 0 Å². The maximum absolute atomic E-state index is 12.6. The van der Waals surface area contributed by atoms with Crippen LogP contribution in [0, 0.1) is 5.92 Å². The zero-order valence-corrected chi connectivity index (χ0v) is 19.7. The van der Waals surface area contributed by atoms with Gasteiger partial charge in [0.15, 0.2) is 0 Å². The van der Waals surface area contributed by atoms with E-state index in [-0.39, 0.29) is 36.8 Å². The average molecular weight is 465 g/mol. The number of hydrogen-bond acceptors (Lipinski definition) is 4. The van der Waals surface area contributed by atoms with E-state index in [0.29, 0.717) is 25.7 Å². The molecule has 0 radical (unpaired) electrons. The molecule has 2 aromatic carbocycles. The van der Waals surface area contributed by atoms with Crippen LogP contribution in [0.4, 0.5) is 4.79 Å². The number of hydrogen-bond donors (Lipinski definition) is 3. The van der Waals surface area contributed by atoms with Crippen molar-refractivity contribution in [2.45, 2.75) is 63.5 Å². The number of carboxylic acid groups (broad SMARTS) is 1. The van der Waals surface area contributed by atoms with Gasteiger partial charge in [-0.05, 0) is 61.8 Å². The number of amides is 2. The number of alkyl carbamates (subject to hydrolysis) is 1. The minimum absolute atomic E-state index is 0.0201. The SMILES string of the molecule is CC(C)(CC(=O)O)NC(=O)C1CCC(NC(=O)OCC2c3ccccc3-c3ccccc32)CC1. The lowest BCUT2D eigenvalue weighted by molar-refractivity contribution is -0.139. The lowest BCUT2D eigenvalue weighted by atomic mass is 9.84. The van der Waals surface area contributed by atoms with Gasteiger partial charge in [-0.1, -0.05) is 48.5 Å². The lowest BCUT2D eigenvalue weighted by Gasteiger charge is -2.31. The Balaban J connectivity index is 1.25. The van der Waals surface area contributed by atoms with E-state index in [4.69, 9.17) is 9.84 Å². The fourth-order valence-electron chi connectivity index (χ4n) is 5.16. The van der Waals surface area contributed by atoms with Gasteiger partial charge in [0.1, 0.15) is 6.61 Å². The normalized spacial score (nSPS) is 19.6. The van der Waals surface area contributed by atoms with Gasteiger partial charge < -0.3 is 20.5 Å². The zero-order valence-electron chi connectivity index (χ0n) is 19.7. The molecule has 180 valence electrons. The molecular weight excluding hydrogens is 432 g/mol. The summed E-state index contributed by atoms with van der Waals surface area (Å²) in [4.78, 5) is 36.1. The number of nitrogens with one attached hydrogen (secondary N) is 2. The van der Waals surface area contributed by atoms with Gasteiger partial charge in [0.05, 0.1) is 6.42 Å². The maximum Gasteiger partial charge on any atom is 0.407 e. The third kappa shape index (κ3) is 5.41. The first kappa shape index (κ1) is 23.8. The summed E-state index contributed by atoms with van der Waals surface area (Å²) in [5, 5.41) is 14.8. The number of fused-ring (bicyclic) bond motifs is 3. The molecule has 0 spiro atoms. The fourth-order valence-corrected chi connectivity index (χ4v) is 5.16. The molecule has 2 amide bonds. The van der Waals surface area contributed by atoms with Crippen LogP contribution in [-0.2, 0) is 14.3 Å². The zero-order chi connectivity index (χ0) is 24.3. The number of rotatable bonds is 7. The van der Waals surface area contributed by atoms with Crippen LogP contribution in [0.2, 0.25) is 0 Å². The van der Waals surface area contributed by atoms with Crippen LogP contribution in [0.1, 0.15) is 63.0 Å². The summed E-state index contributed by atoms with van der Waals surface area (Å²) in [5.41, 5.74) is 3.94. The summed E-state index contributed by atoms with van der Waals surface area (Å²) < 4.78 is 5.63. The van der Waals surface area contributed by atoms with E-state index in [0.717, 1.165) is 0 Å². The fraction of sp³-hybridized carbons (Fsp3) is 0.444. The number of carbonyl (C=O) groups is 3. The highest BCUT2D eigenvalue weighted by molar-refractivity contribution is 5.81. The smallest absolute Gasteiger partial charge is 0.407 e. The van der Waals surface area contributed by atoms with Crippen molar-refractivity contribution < 1.29 is 24.2 Å². The first-order valence-electron chi connectivity index (χ1n) is 11.9. The Morgan fingerprint density at radius 1 is 0.941 bits per heavy atom. The predicted molar refractivity (Wildman–Crippen MR) is 128 cm³/mol. The van der Waals surface area contributed by atoms with Gasteiger partial charge in [-0.3, -0.25) is 9.59 Å². The Morgan fingerprint density at radius 2 is 1.50 bits per heavy atom. The molecule has 2 aliphatic carbocycles. The molecule has 2 aromatic rings. The van der Waals surface area contributed by atoms with Crippen molar-refractivity contribution in [3.8, 4) is 11.1 Å². The van der Waals surface area contributed by atoms with Crippen LogP contribution in [0.5, 0.6) is 0 Å². The largest absolute Gasteiger partial charge is 0.481 e. The van der Waals surface area contributed by atoms with Crippen LogP contribution in [0.3, 0.4) is 0 Å². The van der Waals surface area contributed by atoms with Crippen molar-refractivity contribution >= 4 is 18.0 Å². The Labute approximate surface area is 199 Å². The number of benzene rings is 2. The molecule has 0 aromatic heterocycles. The molecule has 3 N–H and O–H groups in total. The number of carbonyl (C=O) groups excluding carboxylic acids is 2. The summed E-state index contributed by atoms with van der Waals surface area (Å²) >= 11 is 0. The summed E-state index contributed by atoms with van der Waals surface area (Å²) in [6.07, 6.45) is 2.09. The van der Waals surface area contributed by atoms with Gasteiger partial charge >= 0.3 is 12.1 Å². The van der Waals surface area contributed by atoms with E-state index in [2.05, 4.69) is 34.9 Å². The molecular formula is C27H32N2O5. The van der Waals surface area contributed by atoms with Crippen molar-refractivity contribution in [3.63, 3.8) is 0 Å². The van der Waals surface area contributed by atoms with Crippen LogP contribution >= 0.6 is 0 Å². The molecule has 2 aliphatic rings. The predicted octanol–water partition coefficient (Wildman–Crippen LogP) is 4.45. The second-order valence-electron chi connectivity index (χ2n) is 9.96. The van der Waals surface area contributed by atoms with Crippen LogP contribution < -0.4 is 10.6 Å². The monoisotopic (exact) mass is 464 g/mol. The summed E-state index contributed by atoms with van der Waals surface area (Å²) in [6, 6.07) is 16.4. The van der Waals surface area contributed by atoms with E-state index in [9.17, 15) is 14.4 Å². The molecule has 0 heterocycles. The molecule has 0 unspecified atom stereocenters. The molecule has 1 fully saturated rings. The highest BCUT2D eigenvalue weighted by atomic mass is 16.5. The quantitative estimate of drug-likeness (QED) is 0.561. The molecule has 0 saturated heterocycles. The molecule has 1 saturated carbocycles. The van der Waals surface area contributed by atoms with Gasteiger partial charge in [0.2, 0.25) is 5.91 Å². The van der Waals surface area contributed by atoms with Gasteiger partial charge in [-0.2, -0.15) is 0 Å². The average Bonchev–Trinajstić information content (AvgIpc) is 3.11. The Kier molecular flexibility index (Phi) is 6.91. The van der Waals surface area contributed by atoms with Crippen LogP contribution in [-0.4, -0.2) is 41.3 Å². The Morgan fingerprint density at radius 3 is 2.06 bits per heavy atom. The van der Waals surface area contributed by atoms with Crippen molar-refractivity contribution in [1.82, 2.24) is 10.6 Å². The van der Waals surface area contributed by atoms with Gasteiger partial charge in [-0.15, -0.1) is 0 Å². The standard InChI is InChI=1S/C27H32N2O5/c1-27(2,15-24(30)31)29-25(32)17-11-13-18(14-12-17)28-26(33)34-16-23-21-9-5-3-7-19(21)20-8-4-6-10-22(20)23/h3-10,17-18,23H,11-16H2,1-2H3,(H,28,33)(H,29,32)(H,30,31). The molecule has 34 heavy (non-hydrogen) atoms. The molecule has 0 aliphatic heterocycles. The number of carboxylic acids is 1. The van der Waals surface area contributed by atoms with E-state index in [1.165, 1.54) is 22.3 Å². The molecule has 4 rings (SSSR count). The minimum atomic E-state index is -0.943. The number of ether oxygens (including phenoxy) is 1. The second kappa shape index (κ2) is 9.87. The minimum Gasteiger partial charge on any atom is -0.481 e. The molecule has 0 bridgehead atoms. The molecule has 7 nitrogen and oxygen atoms in total. The van der Waals surface area contributed by atoms with Gasteiger partial charge in [0, 0.05) is 23.4 Å². The van der Waals surface area contributed by atoms with E-state index in [1.807, 2.05) is 24.3 Å². The Bertz CT molecular complexity index is 1030. The topological polar surface area (TPSA) is 105 Å². The lowest BCUT2D eigenvalue weighted by Crippen LogP contribution is -2.49. The first-order chi connectivity index (χ1) is 16.2. The Hall–Kier alpha value is -3.35. The highest BCUT2D eigenvalue weighted by Gasteiger charge is 2.32. The summed E-state index contributed by atoms with van der Waals surface area (Å²) in [5.74, 6) is -1.22. The van der Waals surface area contributed by atoms with Crippen molar-refractivity contribution in [2.24, 2.45) is 5.92 Å². The maximum atomic E-state index is 12.6. The van der Waals surface area contributed by atoms with E-state index in [1.54, 1.807) is 13.8 Å². The van der Waals surface area contributed by atoms with Crippen LogP contribution in [0.15, 0.2) is 48.5 Å². The summed E-state index contributed by atoms with van der Waals surface area (Å²) in [7, 11) is 0. The molecule has 0 atom stereocenters. The number of aliphatic carboxylic acids is 1. The highest BCUT2D eigenvalue weighted by Crippen LogP contribution is 2.44. The third-order valence-electron chi connectivity index (χ3n) is 6.82. The third-order valence-corrected chi connectivity index (χ3v) is 6.82. The van der Waals surface area contributed by atoms with E-state index >= 15 is 0 Å². The van der Waals surface area contributed by atoms with Crippen molar-refractivity contribution in [3.05, 3.63) is 59.7 Å². The van der Waals surface area contributed by atoms with Crippen LogP contribution in [0.25, 0.3) is 11.1 Å². The van der Waals surface area contributed by atoms with E-state index < -0.39 is 17.6 Å². The van der Waals surface area contributed by atoms with Gasteiger partial charge in [-0.25, -0.2) is 4.79 Å². The van der Waals surface area contributed by atoms with Gasteiger partial charge in [0.25, 0.3) is 0 Å². The molecule has 7 heteroatoms. The second-order valence-corrected chi connectivity index (χ2v) is 9.96. The first-order valence-corrected chi connectivity index (χ1v) is 11.9. The summed E-state index contributed by atoms with van der Waals surface area (Å²) in [6.45, 7) is 3.70.